The molecule has 3 rings (SSSR count). The molecular weight excluding hydrogens is 306 g/mol. The molecule has 1 amide bonds. The lowest BCUT2D eigenvalue weighted by atomic mass is 9.91. The van der Waals surface area contributed by atoms with E-state index in [9.17, 15) is 9.59 Å². The van der Waals surface area contributed by atoms with Gasteiger partial charge < -0.3 is 19.2 Å². The third kappa shape index (κ3) is 3.28. The van der Waals surface area contributed by atoms with Gasteiger partial charge in [0.25, 0.3) is 11.5 Å². The number of ether oxygens (including phenoxy) is 1. The van der Waals surface area contributed by atoms with E-state index in [4.69, 9.17) is 4.74 Å². The summed E-state index contributed by atoms with van der Waals surface area (Å²) < 4.78 is 8.71. The minimum Gasteiger partial charge on any atom is -0.383 e. The Bertz CT molecular complexity index is 791. The second-order valence-electron chi connectivity index (χ2n) is 6.21. The molecule has 0 bridgehead atoms. The van der Waals surface area contributed by atoms with E-state index in [0.717, 1.165) is 30.5 Å². The standard InChI is InChI=1S/C18H23N3O3/c1-20-9-3-4-16(20)18(23)19-14-6-7-15-13(12-14)5-8-17(22)21(15)10-11-24-2/h3-5,8-9,14H,6-7,10-12H2,1-2H3,(H,19,23). The molecule has 0 saturated carbocycles. The summed E-state index contributed by atoms with van der Waals surface area (Å²) in [5.41, 5.74) is 2.88. The SMILES string of the molecule is COCCn1c2c(ccc1=O)CC(NC(=O)c1cccn1C)CC2. The van der Waals surface area contributed by atoms with E-state index < -0.39 is 0 Å². The molecule has 1 aliphatic carbocycles. The van der Waals surface area contributed by atoms with Gasteiger partial charge in [0, 0.05) is 44.7 Å². The number of aromatic nitrogens is 2. The highest BCUT2D eigenvalue weighted by molar-refractivity contribution is 5.92. The number of carbonyl (C=O) groups excluding carboxylic acids is 1. The number of pyridine rings is 1. The molecule has 0 aliphatic heterocycles. The molecular formula is C18H23N3O3. The van der Waals surface area contributed by atoms with E-state index >= 15 is 0 Å². The molecule has 128 valence electrons. The number of amides is 1. The van der Waals surface area contributed by atoms with Crippen LogP contribution in [0, 0.1) is 0 Å². The normalized spacial score (nSPS) is 16.7. The molecule has 0 radical (unpaired) electrons. The highest BCUT2D eigenvalue weighted by atomic mass is 16.5. The zero-order valence-electron chi connectivity index (χ0n) is 14.1. The summed E-state index contributed by atoms with van der Waals surface area (Å²) in [6, 6.07) is 7.26. The summed E-state index contributed by atoms with van der Waals surface area (Å²) in [4.78, 5) is 24.4. The fourth-order valence-electron chi connectivity index (χ4n) is 3.33. The monoisotopic (exact) mass is 329 g/mol. The number of hydrogen-bond acceptors (Lipinski definition) is 3. The quantitative estimate of drug-likeness (QED) is 0.894. The van der Waals surface area contributed by atoms with Gasteiger partial charge in [-0.1, -0.05) is 6.07 Å². The lowest BCUT2D eigenvalue weighted by Crippen LogP contribution is -2.41. The van der Waals surface area contributed by atoms with Crippen molar-refractivity contribution in [1.82, 2.24) is 14.5 Å². The van der Waals surface area contributed by atoms with E-state index in [1.165, 1.54) is 0 Å². The van der Waals surface area contributed by atoms with Gasteiger partial charge >= 0.3 is 0 Å². The van der Waals surface area contributed by atoms with Crippen molar-refractivity contribution in [3.05, 3.63) is 57.8 Å². The highest BCUT2D eigenvalue weighted by Gasteiger charge is 2.23. The van der Waals surface area contributed by atoms with Gasteiger partial charge in [-0.2, -0.15) is 0 Å². The van der Waals surface area contributed by atoms with Crippen LogP contribution in [0.1, 0.15) is 28.2 Å². The Morgan fingerprint density at radius 1 is 1.38 bits per heavy atom. The number of fused-ring (bicyclic) bond motifs is 1. The van der Waals surface area contributed by atoms with Crippen molar-refractivity contribution in [1.29, 1.82) is 0 Å². The van der Waals surface area contributed by atoms with Gasteiger partial charge in [0.2, 0.25) is 0 Å². The first-order valence-corrected chi connectivity index (χ1v) is 8.23. The minimum absolute atomic E-state index is 0.0112. The van der Waals surface area contributed by atoms with Crippen molar-refractivity contribution in [2.24, 2.45) is 7.05 Å². The van der Waals surface area contributed by atoms with Crippen LogP contribution in [0.4, 0.5) is 0 Å². The molecule has 2 aromatic heterocycles. The predicted octanol–water partition coefficient (Wildman–Crippen LogP) is 1.12. The Labute approximate surface area is 141 Å². The fraction of sp³-hybridized carbons (Fsp3) is 0.444. The van der Waals surface area contributed by atoms with Crippen LogP contribution in [0.5, 0.6) is 0 Å². The Balaban J connectivity index is 1.74. The van der Waals surface area contributed by atoms with Crippen LogP contribution in [0.15, 0.2) is 35.3 Å². The van der Waals surface area contributed by atoms with Crippen LogP contribution in [0.3, 0.4) is 0 Å². The molecule has 1 atom stereocenters. The van der Waals surface area contributed by atoms with Gasteiger partial charge in [0.05, 0.1) is 6.61 Å². The fourth-order valence-corrected chi connectivity index (χ4v) is 3.33. The van der Waals surface area contributed by atoms with Crippen LogP contribution in [0.25, 0.3) is 0 Å². The minimum atomic E-state index is -0.0522. The van der Waals surface area contributed by atoms with E-state index in [1.54, 1.807) is 17.7 Å². The summed E-state index contributed by atoms with van der Waals surface area (Å²) in [6.07, 6.45) is 4.23. The summed E-state index contributed by atoms with van der Waals surface area (Å²) in [6.45, 7) is 1.09. The summed E-state index contributed by atoms with van der Waals surface area (Å²) >= 11 is 0. The summed E-state index contributed by atoms with van der Waals surface area (Å²) in [5.74, 6) is -0.0522. The van der Waals surface area contributed by atoms with Gasteiger partial charge in [-0.25, -0.2) is 0 Å². The average Bonchev–Trinajstić information content (AvgIpc) is 3.00. The van der Waals surface area contributed by atoms with Crippen molar-refractivity contribution in [2.75, 3.05) is 13.7 Å². The molecule has 0 saturated heterocycles. The van der Waals surface area contributed by atoms with E-state index in [2.05, 4.69) is 5.32 Å². The molecule has 6 nitrogen and oxygen atoms in total. The first kappa shape index (κ1) is 16.5. The van der Waals surface area contributed by atoms with Crippen molar-refractivity contribution in [2.45, 2.75) is 31.8 Å². The van der Waals surface area contributed by atoms with Gasteiger partial charge in [-0.3, -0.25) is 9.59 Å². The number of hydrogen-bond donors (Lipinski definition) is 1. The molecule has 0 aromatic carbocycles. The summed E-state index contributed by atoms with van der Waals surface area (Å²) in [7, 11) is 3.50. The van der Waals surface area contributed by atoms with Gasteiger partial charge in [-0.15, -0.1) is 0 Å². The molecule has 24 heavy (non-hydrogen) atoms. The second kappa shape index (κ2) is 7.05. The molecule has 1 aliphatic rings. The Morgan fingerprint density at radius 3 is 2.92 bits per heavy atom. The van der Waals surface area contributed by atoms with Crippen LogP contribution < -0.4 is 10.9 Å². The molecule has 1 unspecified atom stereocenters. The van der Waals surface area contributed by atoms with Crippen LogP contribution in [-0.2, 0) is 31.2 Å². The van der Waals surface area contributed by atoms with Gasteiger partial charge in [0.15, 0.2) is 0 Å². The van der Waals surface area contributed by atoms with Crippen LogP contribution >= 0.6 is 0 Å². The van der Waals surface area contributed by atoms with Gasteiger partial charge in [-0.05, 0) is 37.0 Å². The van der Waals surface area contributed by atoms with Crippen molar-refractivity contribution < 1.29 is 9.53 Å². The third-order valence-corrected chi connectivity index (χ3v) is 4.62. The number of rotatable bonds is 5. The van der Waals surface area contributed by atoms with Crippen molar-refractivity contribution in [3.8, 4) is 0 Å². The second-order valence-corrected chi connectivity index (χ2v) is 6.21. The largest absolute Gasteiger partial charge is 0.383 e. The zero-order chi connectivity index (χ0) is 17.1. The molecule has 2 heterocycles. The maximum absolute atomic E-state index is 12.4. The topological polar surface area (TPSA) is 65.3 Å². The predicted molar refractivity (Wildman–Crippen MR) is 91.3 cm³/mol. The Morgan fingerprint density at radius 2 is 2.21 bits per heavy atom. The number of carbonyl (C=O) groups is 1. The van der Waals surface area contributed by atoms with Crippen molar-refractivity contribution in [3.63, 3.8) is 0 Å². The highest BCUT2D eigenvalue weighted by Crippen LogP contribution is 2.20. The number of aryl methyl sites for hydroxylation is 1. The lowest BCUT2D eigenvalue weighted by Gasteiger charge is -2.27. The molecule has 6 heteroatoms. The van der Waals surface area contributed by atoms with E-state index in [1.807, 2.05) is 36.0 Å². The molecule has 0 spiro atoms. The first-order valence-electron chi connectivity index (χ1n) is 8.23. The third-order valence-electron chi connectivity index (χ3n) is 4.62. The Hall–Kier alpha value is -2.34. The molecule has 0 fully saturated rings. The lowest BCUT2D eigenvalue weighted by molar-refractivity contribution is 0.0925. The Kier molecular flexibility index (Phi) is 4.85. The summed E-state index contributed by atoms with van der Waals surface area (Å²) in [5, 5.41) is 3.11. The molecule has 1 N–H and O–H groups in total. The van der Waals surface area contributed by atoms with E-state index in [-0.39, 0.29) is 17.5 Å². The maximum atomic E-state index is 12.4. The number of nitrogens with zero attached hydrogens (tertiary/aromatic N) is 2. The average molecular weight is 329 g/mol. The zero-order valence-corrected chi connectivity index (χ0v) is 14.1. The van der Waals surface area contributed by atoms with Gasteiger partial charge in [0.1, 0.15) is 5.69 Å². The number of nitrogens with one attached hydrogen (secondary N) is 1. The first-order chi connectivity index (χ1) is 11.6. The molecule has 2 aromatic rings. The maximum Gasteiger partial charge on any atom is 0.268 e. The van der Waals surface area contributed by atoms with Crippen LogP contribution in [0.2, 0.25) is 0 Å². The smallest absolute Gasteiger partial charge is 0.268 e. The van der Waals surface area contributed by atoms with Crippen molar-refractivity contribution >= 4 is 5.91 Å². The number of methoxy groups -OCH3 is 1. The van der Waals surface area contributed by atoms with E-state index in [0.29, 0.717) is 18.8 Å². The van der Waals surface area contributed by atoms with Crippen LogP contribution in [-0.4, -0.2) is 34.8 Å².